The number of amides is 1. The third kappa shape index (κ3) is 3.53. The van der Waals surface area contributed by atoms with E-state index in [0.29, 0.717) is 17.6 Å². The number of carbonyl (C=O) groups excluding carboxylic acids is 1. The molecule has 3 aromatic heterocycles. The second-order valence-corrected chi connectivity index (χ2v) is 6.68. The largest absolute Gasteiger partial charge is 0.357 e. The predicted octanol–water partition coefficient (Wildman–Crippen LogP) is 0.442. The fourth-order valence-corrected chi connectivity index (χ4v) is 3.25. The SMILES string of the molecule is Cn1ncc2c(=O)n(CC(=O)NCc3ccc(N4CCCC4)nc3)cnc21. The summed E-state index contributed by atoms with van der Waals surface area (Å²) in [5.41, 5.74) is 1.14. The summed E-state index contributed by atoms with van der Waals surface area (Å²) in [5.74, 6) is 0.718. The molecule has 1 aliphatic rings. The Morgan fingerprint density at radius 1 is 1.19 bits per heavy atom. The van der Waals surface area contributed by atoms with Crippen LogP contribution in [0.25, 0.3) is 11.0 Å². The quantitative estimate of drug-likeness (QED) is 0.703. The number of hydrogen-bond acceptors (Lipinski definition) is 6. The molecule has 27 heavy (non-hydrogen) atoms. The number of rotatable bonds is 5. The van der Waals surface area contributed by atoms with E-state index in [-0.39, 0.29) is 18.0 Å². The van der Waals surface area contributed by atoms with Gasteiger partial charge in [-0.25, -0.2) is 9.97 Å². The highest BCUT2D eigenvalue weighted by Crippen LogP contribution is 2.17. The fraction of sp³-hybridized carbons (Fsp3) is 0.389. The monoisotopic (exact) mass is 367 g/mol. The first-order chi connectivity index (χ1) is 13.1. The Morgan fingerprint density at radius 3 is 2.74 bits per heavy atom. The average Bonchev–Trinajstić information content (AvgIpc) is 3.33. The number of nitrogens with one attached hydrogen (secondary N) is 1. The van der Waals surface area contributed by atoms with Gasteiger partial charge in [0, 0.05) is 32.9 Å². The first kappa shape index (κ1) is 17.2. The van der Waals surface area contributed by atoms with Crippen LogP contribution in [-0.4, -0.2) is 43.3 Å². The van der Waals surface area contributed by atoms with Gasteiger partial charge in [0.2, 0.25) is 5.91 Å². The molecular weight excluding hydrogens is 346 g/mol. The number of aryl methyl sites for hydroxylation is 1. The van der Waals surface area contributed by atoms with Crippen LogP contribution in [0.4, 0.5) is 5.82 Å². The van der Waals surface area contributed by atoms with Crippen molar-refractivity contribution < 1.29 is 4.79 Å². The highest BCUT2D eigenvalue weighted by Gasteiger charge is 2.13. The summed E-state index contributed by atoms with van der Waals surface area (Å²) in [5, 5.41) is 7.23. The molecule has 1 N–H and O–H groups in total. The Morgan fingerprint density at radius 2 is 2.00 bits per heavy atom. The molecule has 1 amide bonds. The van der Waals surface area contributed by atoms with Crippen LogP contribution in [-0.2, 0) is 24.9 Å². The van der Waals surface area contributed by atoms with E-state index < -0.39 is 0 Å². The minimum absolute atomic E-state index is 0.0873. The maximum atomic E-state index is 12.4. The number of anilines is 1. The highest BCUT2D eigenvalue weighted by atomic mass is 16.2. The fourth-order valence-electron chi connectivity index (χ4n) is 3.25. The molecule has 3 aromatic rings. The van der Waals surface area contributed by atoms with Crippen LogP contribution >= 0.6 is 0 Å². The van der Waals surface area contributed by atoms with Gasteiger partial charge in [-0.2, -0.15) is 5.10 Å². The summed E-state index contributed by atoms with van der Waals surface area (Å²) in [7, 11) is 1.72. The number of nitrogens with zero attached hydrogens (tertiary/aromatic N) is 6. The lowest BCUT2D eigenvalue weighted by Gasteiger charge is -2.16. The first-order valence-electron chi connectivity index (χ1n) is 8.95. The van der Waals surface area contributed by atoms with Crippen LogP contribution in [0.2, 0.25) is 0 Å². The Kier molecular flexibility index (Phi) is 4.57. The molecule has 9 nitrogen and oxygen atoms in total. The van der Waals surface area contributed by atoms with Crippen LogP contribution in [0, 0.1) is 0 Å². The van der Waals surface area contributed by atoms with Crippen molar-refractivity contribution in [3.63, 3.8) is 0 Å². The van der Waals surface area contributed by atoms with E-state index in [1.54, 1.807) is 13.2 Å². The molecule has 4 heterocycles. The van der Waals surface area contributed by atoms with Gasteiger partial charge >= 0.3 is 0 Å². The summed E-state index contributed by atoms with van der Waals surface area (Å²) in [6, 6.07) is 3.95. The van der Waals surface area contributed by atoms with E-state index in [1.165, 1.54) is 34.6 Å². The van der Waals surface area contributed by atoms with Gasteiger partial charge < -0.3 is 10.2 Å². The normalized spacial score (nSPS) is 14.0. The molecule has 4 rings (SSSR count). The molecule has 1 aliphatic heterocycles. The zero-order valence-corrected chi connectivity index (χ0v) is 15.1. The minimum atomic E-state index is -0.278. The molecule has 140 valence electrons. The van der Waals surface area contributed by atoms with E-state index in [4.69, 9.17) is 0 Å². The molecule has 0 saturated carbocycles. The van der Waals surface area contributed by atoms with Gasteiger partial charge in [0.05, 0.1) is 6.20 Å². The molecular formula is C18H21N7O2. The van der Waals surface area contributed by atoms with E-state index >= 15 is 0 Å². The lowest BCUT2D eigenvalue weighted by molar-refractivity contribution is -0.121. The molecule has 0 aromatic carbocycles. The standard InChI is InChI=1S/C18H21N7O2/c1-23-17-14(10-22-23)18(27)25(12-21-17)11-16(26)20-9-13-4-5-15(19-8-13)24-6-2-3-7-24/h4-5,8,10,12H,2-3,6-7,9,11H2,1H3,(H,20,26). The minimum Gasteiger partial charge on any atom is -0.357 e. The second kappa shape index (κ2) is 7.18. The topological polar surface area (TPSA) is 97.9 Å². The summed E-state index contributed by atoms with van der Waals surface area (Å²) >= 11 is 0. The summed E-state index contributed by atoms with van der Waals surface area (Å²) < 4.78 is 2.81. The van der Waals surface area contributed by atoms with Crippen LogP contribution in [0.15, 0.2) is 35.6 Å². The van der Waals surface area contributed by atoms with Crippen molar-refractivity contribution in [2.45, 2.75) is 25.9 Å². The average molecular weight is 367 g/mol. The van der Waals surface area contributed by atoms with E-state index in [9.17, 15) is 9.59 Å². The molecule has 0 aliphatic carbocycles. The van der Waals surface area contributed by atoms with Crippen molar-refractivity contribution in [2.75, 3.05) is 18.0 Å². The lowest BCUT2D eigenvalue weighted by Crippen LogP contribution is -2.32. The number of fused-ring (bicyclic) bond motifs is 1. The summed E-state index contributed by atoms with van der Waals surface area (Å²) in [6.45, 7) is 2.37. The van der Waals surface area contributed by atoms with Gasteiger partial charge in [-0.3, -0.25) is 18.8 Å². The number of hydrogen-bond donors (Lipinski definition) is 1. The predicted molar refractivity (Wildman–Crippen MR) is 100 cm³/mol. The maximum Gasteiger partial charge on any atom is 0.264 e. The van der Waals surface area contributed by atoms with Crippen LogP contribution < -0.4 is 15.8 Å². The van der Waals surface area contributed by atoms with E-state index in [0.717, 1.165) is 24.5 Å². The molecule has 9 heteroatoms. The molecule has 0 radical (unpaired) electrons. The van der Waals surface area contributed by atoms with Gasteiger partial charge in [0.15, 0.2) is 5.65 Å². The zero-order valence-electron chi connectivity index (χ0n) is 15.1. The third-order valence-electron chi connectivity index (χ3n) is 4.76. The van der Waals surface area contributed by atoms with Crippen molar-refractivity contribution >= 4 is 22.8 Å². The Balaban J connectivity index is 1.37. The van der Waals surface area contributed by atoms with E-state index in [2.05, 4.69) is 25.3 Å². The summed E-state index contributed by atoms with van der Waals surface area (Å²) in [4.78, 5) is 35.5. The van der Waals surface area contributed by atoms with Crippen molar-refractivity contribution in [3.8, 4) is 0 Å². The zero-order chi connectivity index (χ0) is 18.8. The Labute approximate surface area is 155 Å². The second-order valence-electron chi connectivity index (χ2n) is 6.68. The van der Waals surface area contributed by atoms with Gasteiger partial charge in [0.25, 0.3) is 5.56 Å². The van der Waals surface area contributed by atoms with Crippen molar-refractivity contribution in [1.29, 1.82) is 0 Å². The number of carbonyl (C=O) groups is 1. The first-order valence-corrected chi connectivity index (χ1v) is 8.95. The maximum absolute atomic E-state index is 12.4. The van der Waals surface area contributed by atoms with Gasteiger partial charge in [-0.15, -0.1) is 0 Å². The molecule has 1 saturated heterocycles. The van der Waals surface area contributed by atoms with Crippen molar-refractivity contribution in [1.82, 2.24) is 29.6 Å². The van der Waals surface area contributed by atoms with Crippen LogP contribution in [0.3, 0.4) is 0 Å². The van der Waals surface area contributed by atoms with Crippen molar-refractivity contribution in [3.05, 3.63) is 46.8 Å². The molecule has 0 unspecified atom stereocenters. The Hall–Kier alpha value is -3.23. The molecule has 0 bridgehead atoms. The van der Waals surface area contributed by atoms with Crippen molar-refractivity contribution in [2.24, 2.45) is 7.05 Å². The lowest BCUT2D eigenvalue weighted by atomic mass is 10.2. The number of pyridine rings is 1. The Bertz CT molecular complexity index is 1020. The van der Waals surface area contributed by atoms with E-state index in [1.807, 2.05) is 12.1 Å². The molecule has 0 atom stereocenters. The highest BCUT2D eigenvalue weighted by molar-refractivity contribution is 5.77. The van der Waals surface area contributed by atoms with Crippen LogP contribution in [0.1, 0.15) is 18.4 Å². The third-order valence-corrected chi connectivity index (χ3v) is 4.76. The number of aromatic nitrogens is 5. The molecule has 0 spiro atoms. The van der Waals surface area contributed by atoms with Crippen LogP contribution in [0.5, 0.6) is 0 Å². The molecule has 1 fully saturated rings. The van der Waals surface area contributed by atoms with Gasteiger partial charge in [-0.05, 0) is 24.5 Å². The summed E-state index contributed by atoms with van der Waals surface area (Å²) in [6.07, 6.45) is 7.03. The smallest absolute Gasteiger partial charge is 0.264 e. The van der Waals surface area contributed by atoms with Gasteiger partial charge in [0.1, 0.15) is 24.1 Å². The van der Waals surface area contributed by atoms with Gasteiger partial charge in [-0.1, -0.05) is 6.07 Å².